The Bertz CT molecular complexity index is 405. The SMILES string of the molecule is N#Cc1ccc(F)c(S)c1C(F)(F)F. The van der Waals surface area contributed by atoms with Gasteiger partial charge in [-0.05, 0) is 12.1 Å². The van der Waals surface area contributed by atoms with E-state index in [1.165, 1.54) is 6.07 Å². The lowest BCUT2D eigenvalue weighted by Gasteiger charge is -2.11. The summed E-state index contributed by atoms with van der Waals surface area (Å²) in [5, 5.41) is 8.39. The first-order chi connectivity index (χ1) is 6.38. The van der Waals surface area contributed by atoms with Crippen LogP contribution in [-0.2, 0) is 6.18 Å². The van der Waals surface area contributed by atoms with Crippen LogP contribution < -0.4 is 0 Å². The van der Waals surface area contributed by atoms with Gasteiger partial charge in [0, 0.05) is 0 Å². The molecule has 0 fully saturated rings. The zero-order chi connectivity index (χ0) is 10.9. The van der Waals surface area contributed by atoms with E-state index in [1.807, 2.05) is 0 Å². The van der Waals surface area contributed by atoms with Gasteiger partial charge in [-0.3, -0.25) is 0 Å². The summed E-state index contributed by atoms with van der Waals surface area (Å²) in [5.74, 6) is -1.10. The summed E-state index contributed by atoms with van der Waals surface area (Å²) in [7, 11) is 0. The second-order valence-corrected chi connectivity index (χ2v) is 2.88. The first-order valence-corrected chi connectivity index (χ1v) is 3.81. The summed E-state index contributed by atoms with van der Waals surface area (Å²) in [6.07, 6.45) is -4.77. The largest absolute Gasteiger partial charge is 0.418 e. The van der Waals surface area contributed by atoms with Crippen LogP contribution in [0.2, 0.25) is 0 Å². The average molecular weight is 221 g/mol. The van der Waals surface area contributed by atoms with Crippen molar-refractivity contribution in [3.8, 4) is 6.07 Å². The summed E-state index contributed by atoms with van der Waals surface area (Å²) in [6.45, 7) is 0. The number of thiol groups is 1. The summed E-state index contributed by atoms with van der Waals surface area (Å²) in [4.78, 5) is -0.850. The maximum Gasteiger partial charge on any atom is 0.418 e. The van der Waals surface area contributed by atoms with E-state index >= 15 is 0 Å². The van der Waals surface area contributed by atoms with Crippen molar-refractivity contribution in [3.63, 3.8) is 0 Å². The van der Waals surface area contributed by atoms with Gasteiger partial charge < -0.3 is 0 Å². The molecular formula is C8H3F4NS. The highest BCUT2D eigenvalue weighted by molar-refractivity contribution is 7.80. The number of benzene rings is 1. The molecule has 1 aromatic rings. The van der Waals surface area contributed by atoms with E-state index in [1.54, 1.807) is 0 Å². The van der Waals surface area contributed by atoms with Gasteiger partial charge in [0.2, 0.25) is 0 Å². The standard InChI is InChI=1S/C8H3F4NS/c9-5-2-1-4(3-13)6(7(5)14)8(10,11)12/h1-2,14H. The van der Waals surface area contributed by atoms with Crippen molar-refractivity contribution >= 4 is 12.6 Å². The van der Waals surface area contributed by atoms with Crippen molar-refractivity contribution in [3.05, 3.63) is 29.1 Å². The Labute approximate surface area is 82.4 Å². The van der Waals surface area contributed by atoms with E-state index in [9.17, 15) is 17.6 Å². The third kappa shape index (κ3) is 1.82. The van der Waals surface area contributed by atoms with Gasteiger partial charge in [-0.15, -0.1) is 12.6 Å². The van der Waals surface area contributed by atoms with Gasteiger partial charge in [0.1, 0.15) is 5.82 Å². The summed E-state index contributed by atoms with van der Waals surface area (Å²) >= 11 is 3.38. The number of rotatable bonds is 0. The molecule has 6 heteroatoms. The molecule has 0 N–H and O–H groups in total. The molecule has 0 unspecified atom stereocenters. The van der Waals surface area contributed by atoms with Gasteiger partial charge in [0.15, 0.2) is 0 Å². The normalized spacial score (nSPS) is 11.1. The van der Waals surface area contributed by atoms with Crippen molar-refractivity contribution in [1.82, 2.24) is 0 Å². The molecule has 1 nitrogen and oxygen atoms in total. The molecule has 0 spiro atoms. The molecule has 74 valence electrons. The monoisotopic (exact) mass is 221 g/mol. The molecule has 0 amide bonds. The Morgan fingerprint density at radius 2 is 1.86 bits per heavy atom. The number of nitrogens with zero attached hydrogens (tertiary/aromatic N) is 1. The minimum atomic E-state index is -4.77. The number of hydrogen-bond acceptors (Lipinski definition) is 2. The fraction of sp³-hybridized carbons (Fsp3) is 0.125. The second-order valence-electron chi connectivity index (χ2n) is 2.43. The maximum atomic E-state index is 12.7. The first kappa shape index (κ1) is 10.9. The van der Waals surface area contributed by atoms with Gasteiger partial charge in [-0.25, -0.2) is 4.39 Å². The van der Waals surface area contributed by atoms with E-state index in [0.29, 0.717) is 0 Å². The Hall–Kier alpha value is -1.22. The third-order valence-electron chi connectivity index (χ3n) is 1.53. The number of halogens is 4. The third-order valence-corrected chi connectivity index (χ3v) is 1.97. The van der Waals surface area contributed by atoms with Crippen molar-refractivity contribution in [2.75, 3.05) is 0 Å². The molecule has 0 bridgehead atoms. The number of nitriles is 1. The van der Waals surface area contributed by atoms with Crippen LogP contribution in [0.4, 0.5) is 17.6 Å². The number of hydrogen-bond donors (Lipinski definition) is 1. The van der Waals surface area contributed by atoms with Gasteiger partial charge >= 0.3 is 6.18 Å². The van der Waals surface area contributed by atoms with Crippen LogP contribution >= 0.6 is 12.6 Å². The topological polar surface area (TPSA) is 23.8 Å². The van der Waals surface area contributed by atoms with E-state index in [2.05, 4.69) is 12.6 Å². The smallest absolute Gasteiger partial charge is 0.206 e. The Morgan fingerprint density at radius 3 is 2.29 bits per heavy atom. The summed E-state index contributed by atoms with van der Waals surface area (Å²) in [6, 6.07) is 2.88. The molecule has 0 aliphatic rings. The van der Waals surface area contributed by atoms with E-state index < -0.39 is 28.0 Å². The van der Waals surface area contributed by atoms with Gasteiger partial charge in [0.25, 0.3) is 0 Å². The molecule has 0 aromatic heterocycles. The van der Waals surface area contributed by atoms with Crippen LogP contribution in [0.1, 0.15) is 11.1 Å². The zero-order valence-corrected chi connectivity index (χ0v) is 7.46. The molecule has 0 aliphatic carbocycles. The van der Waals surface area contributed by atoms with E-state index in [4.69, 9.17) is 5.26 Å². The quantitative estimate of drug-likeness (QED) is 0.528. The molecule has 0 aliphatic heterocycles. The van der Waals surface area contributed by atoms with Crippen molar-refractivity contribution in [1.29, 1.82) is 5.26 Å². The van der Waals surface area contributed by atoms with E-state index in [0.717, 1.165) is 12.1 Å². The molecule has 0 heterocycles. The highest BCUT2D eigenvalue weighted by atomic mass is 32.1. The molecule has 1 aromatic carbocycles. The highest BCUT2D eigenvalue weighted by Gasteiger charge is 2.36. The average Bonchev–Trinajstić information content (AvgIpc) is 2.07. The minimum absolute atomic E-state index is 0.635. The number of alkyl halides is 3. The molecule has 14 heavy (non-hydrogen) atoms. The van der Waals surface area contributed by atoms with Crippen molar-refractivity contribution in [2.45, 2.75) is 11.1 Å². The first-order valence-electron chi connectivity index (χ1n) is 3.36. The van der Waals surface area contributed by atoms with Crippen molar-refractivity contribution in [2.24, 2.45) is 0 Å². The van der Waals surface area contributed by atoms with Crippen LogP contribution in [0.3, 0.4) is 0 Å². The second kappa shape index (κ2) is 3.50. The summed E-state index contributed by atoms with van der Waals surface area (Å²) < 4.78 is 49.7. The highest BCUT2D eigenvalue weighted by Crippen LogP contribution is 2.37. The Morgan fingerprint density at radius 1 is 1.29 bits per heavy atom. The van der Waals surface area contributed by atoms with Crippen LogP contribution in [-0.4, -0.2) is 0 Å². The van der Waals surface area contributed by atoms with Gasteiger partial charge in [-0.2, -0.15) is 18.4 Å². The lowest BCUT2D eigenvalue weighted by atomic mass is 10.1. The fourth-order valence-corrected chi connectivity index (χ4v) is 1.27. The maximum absolute atomic E-state index is 12.7. The summed E-state index contributed by atoms with van der Waals surface area (Å²) in [5.41, 5.74) is -1.97. The lowest BCUT2D eigenvalue weighted by molar-refractivity contribution is -0.140. The molecule has 0 saturated heterocycles. The molecule has 1 rings (SSSR count). The van der Waals surface area contributed by atoms with Crippen LogP contribution in [0.25, 0.3) is 0 Å². The minimum Gasteiger partial charge on any atom is -0.206 e. The van der Waals surface area contributed by atoms with Gasteiger partial charge in [-0.1, -0.05) is 0 Å². The Kier molecular flexibility index (Phi) is 2.71. The molecule has 0 atom stereocenters. The van der Waals surface area contributed by atoms with E-state index in [-0.39, 0.29) is 0 Å². The lowest BCUT2D eigenvalue weighted by Crippen LogP contribution is -2.10. The molecular weight excluding hydrogens is 218 g/mol. The molecule has 0 radical (unpaired) electrons. The predicted molar refractivity (Wildman–Crippen MR) is 43.4 cm³/mol. The van der Waals surface area contributed by atoms with Crippen LogP contribution in [0.5, 0.6) is 0 Å². The molecule has 0 saturated carbocycles. The van der Waals surface area contributed by atoms with Crippen LogP contribution in [0.15, 0.2) is 17.0 Å². The fourth-order valence-electron chi connectivity index (χ4n) is 0.946. The van der Waals surface area contributed by atoms with Crippen molar-refractivity contribution < 1.29 is 17.6 Å². The Balaban J connectivity index is 3.54. The van der Waals surface area contributed by atoms with Crippen LogP contribution in [0, 0.1) is 17.1 Å². The predicted octanol–water partition coefficient (Wildman–Crippen LogP) is 3.00. The zero-order valence-electron chi connectivity index (χ0n) is 6.56. The van der Waals surface area contributed by atoms with Gasteiger partial charge in [0.05, 0.1) is 22.1 Å².